The summed E-state index contributed by atoms with van der Waals surface area (Å²) in [6.45, 7) is 5.60. The Labute approximate surface area is 247 Å². The normalized spacial score (nSPS) is 14.7. The summed E-state index contributed by atoms with van der Waals surface area (Å²) in [6.07, 6.45) is 1.47. The SMILES string of the molecule is COc1ccc([C@H]2C(C(=O)OC(C)C)=C(C)N=c3s/c(=C/c4ccc(OCc5ccccc5C#N)cc4)c(=O)n32)cc1. The number of hydrogen-bond donors (Lipinski definition) is 0. The summed E-state index contributed by atoms with van der Waals surface area (Å²) in [5.74, 6) is 0.805. The second-order valence-corrected chi connectivity index (χ2v) is 10.9. The molecule has 212 valence electrons. The quantitative estimate of drug-likeness (QED) is 0.282. The number of allylic oxidation sites excluding steroid dienone is 1. The molecule has 3 aromatic carbocycles. The number of nitriles is 1. The molecule has 0 bridgehead atoms. The van der Waals surface area contributed by atoms with Crippen molar-refractivity contribution in [2.45, 2.75) is 39.5 Å². The predicted octanol–water partition coefficient (Wildman–Crippen LogP) is 4.65. The monoisotopic (exact) mass is 579 g/mol. The van der Waals surface area contributed by atoms with E-state index in [0.29, 0.717) is 37.7 Å². The third-order valence-corrected chi connectivity index (χ3v) is 7.71. The van der Waals surface area contributed by atoms with E-state index in [-0.39, 0.29) is 18.3 Å². The number of ether oxygens (including phenoxy) is 3. The highest BCUT2D eigenvalue weighted by Crippen LogP contribution is 2.32. The summed E-state index contributed by atoms with van der Waals surface area (Å²) < 4.78 is 18.8. The molecule has 0 radical (unpaired) electrons. The van der Waals surface area contributed by atoms with Crippen molar-refractivity contribution in [3.8, 4) is 17.6 Å². The van der Waals surface area contributed by atoms with Crippen molar-refractivity contribution in [1.82, 2.24) is 4.57 Å². The topological polar surface area (TPSA) is 103 Å². The highest BCUT2D eigenvalue weighted by atomic mass is 32.1. The Bertz CT molecular complexity index is 1880. The summed E-state index contributed by atoms with van der Waals surface area (Å²) in [5, 5.41) is 9.30. The molecule has 0 saturated carbocycles. The lowest BCUT2D eigenvalue weighted by Gasteiger charge is -2.25. The summed E-state index contributed by atoms with van der Waals surface area (Å²) in [5.41, 5.74) is 3.52. The van der Waals surface area contributed by atoms with Gasteiger partial charge in [0.15, 0.2) is 4.80 Å². The van der Waals surface area contributed by atoms with Gasteiger partial charge in [-0.25, -0.2) is 9.79 Å². The van der Waals surface area contributed by atoms with Gasteiger partial charge in [-0.15, -0.1) is 0 Å². The van der Waals surface area contributed by atoms with E-state index < -0.39 is 12.0 Å². The van der Waals surface area contributed by atoms with Crippen molar-refractivity contribution in [3.05, 3.63) is 126 Å². The van der Waals surface area contributed by atoms with Crippen molar-refractivity contribution in [3.63, 3.8) is 0 Å². The van der Waals surface area contributed by atoms with E-state index in [4.69, 9.17) is 14.2 Å². The lowest BCUT2D eigenvalue weighted by atomic mass is 9.96. The minimum Gasteiger partial charge on any atom is -0.497 e. The maximum atomic E-state index is 13.8. The molecule has 0 unspecified atom stereocenters. The minimum absolute atomic E-state index is 0.254. The highest BCUT2D eigenvalue weighted by Gasteiger charge is 2.33. The van der Waals surface area contributed by atoms with Crippen LogP contribution < -0.4 is 24.4 Å². The molecule has 1 aliphatic heterocycles. The lowest BCUT2D eigenvalue weighted by Crippen LogP contribution is -2.40. The average molecular weight is 580 g/mol. The molecule has 4 aromatic rings. The van der Waals surface area contributed by atoms with Crippen LogP contribution in [0.5, 0.6) is 11.5 Å². The molecule has 0 saturated heterocycles. The van der Waals surface area contributed by atoms with Crippen LogP contribution in [0.1, 0.15) is 49.1 Å². The van der Waals surface area contributed by atoms with Crippen LogP contribution in [-0.4, -0.2) is 23.8 Å². The number of esters is 1. The van der Waals surface area contributed by atoms with E-state index in [1.165, 1.54) is 11.3 Å². The fourth-order valence-corrected chi connectivity index (χ4v) is 5.74. The molecule has 8 nitrogen and oxygen atoms in total. The maximum absolute atomic E-state index is 13.8. The third-order valence-electron chi connectivity index (χ3n) is 6.73. The van der Waals surface area contributed by atoms with Crippen LogP contribution in [0.4, 0.5) is 0 Å². The first-order valence-electron chi connectivity index (χ1n) is 13.4. The molecule has 9 heteroatoms. The van der Waals surface area contributed by atoms with Gasteiger partial charge < -0.3 is 14.2 Å². The summed E-state index contributed by atoms with van der Waals surface area (Å²) >= 11 is 1.27. The molecule has 5 rings (SSSR count). The molecule has 0 N–H and O–H groups in total. The molecular weight excluding hydrogens is 550 g/mol. The van der Waals surface area contributed by atoms with Gasteiger partial charge in [0.05, 0.1) is 46.7 Å². The zero-order valence-corrected chi connectivity index (χ0v) is 24.5. The van der Waals surface area contributed by atoms with E-state index in [1.807, 2.05) is 54.6 Å². The standard InChI is InChI=1S/C33H29N3O5S/c1-20(2)41-32(38)29-21(3)35-33-36(30(29)23-11-15-26(39-4)16-12-23)31(37)28(42-33)17-22-9-13-27(14-10-22)40-19-25-8-6-5-7-24(25)18-34/h5-17,20,30H,19H2,1-4H3/b28-17+/t30-/m0/s1. The number of benzene rings is 3. The number of hydrogen-bond acceptors (Lipinski definition) is 8. The van der Waals surface area contributed by atoms with Crippen molar-refractivity contribution in [2.24, 2.45) is 4.99 Å². The smallest absolute Gasteiger partial charge is 0.338 e. The van der Waals surface area contributed by atoms with Crippen LogP contribution in [0.15, 0.2) is 93.9 Å². The van der Waals surface area contributed by atoms with Crippen molar-refractivity contribution >= 4 is 23.4 Å². The molecule has 1 atom stereocenters. The Morgan fingerprint density at radius 2 is 1.76 bits per heavy atom. The summed E-state index contributed by atoms with van der Waals surface area (Å²) in [6, 6.07) is 23.4. The number of fused-ring (bicyclic) bond motifs is 1. The van der Waals surface area contributed by atoms with Crippen LogP contribution in [0.25, 0.3) is 6.08 Å². The molecule has 0 amide bonds. The van der Waals surface area contributed by atoms with Gasteiger partial charge in [-0.1, -0.05) is 53.8 Å². The van der Waals surface area contributed by atoms with Gasteiger partial charge in [0, 0.05) is 5.56 Å². The first-order chi connectivity index (χ1) is 20.3. The van der Waals surface area contributed by atoms with E-state index in [9.17, 15) is 14.9 Å². The number of methoxy groups -OCH3 is 1. The van der Waals surface area contributed by atoms with E-state index in [2.05, 4.69) is 11.1 Å². The first kappa shape index (κ1) is 28.6. The number of nitrogens with zero attached hydrogens (tertiary/aromatic N) is 3. The largest absolute Gasteiger partial charge is 0.497 e. The fourth-order valence-electron chi connectivity index (χ4n) is 4.69. The Balaban J connectivity index is 1.49. The minimum atomic E-state index is -0.701. The van der Waals surface area contributed by atoms with E-state index in [1.54, 1.807) is 56.7 Å². The third kappa shape index (κ3) is 5.90. The van der Waals surface area contributed by atoms with Crippen molar-refractivity contribution in [2.75, 3.05) is 7.11 Å². The zero-order valence-electron chi connectivity index (χ0n) is 23.7. The van der Waals surface area contributed by atoms with Crippen LogP contribution in [-0.2, 0) is 16.1 Å². The van der Waals surface area contributed by atoms with Gasteiger partial charge in [0.2, 0.25) is 0 Å². The van der Waals surface area contributed by atoms with Crippen LogP contribution in [0.2, 0.25) is 0 Å². The Kier molecular flexibility index (Phi) is 8.36. The van der Waals surface area contributed by atoms with E-state index in [0.717, 1.165) is 16.7 Å². The van der Waals surface area contributed by atoms with Crippen molar-refractivity contribution in [1.29, 1.82) is 5.26 Å². The van der Waals surface area contributed by atoms with Gasteiger partial charge in [-0.05, 0) is 68.3 Å². The Morgan fingerprint density at radius 1 is 1.07 bits per heavy atom. The molecule has 2 heterocycles. The molecule has 1 aromatic heterocycles. The predicted molar refractivity (Wildman–Crippen MR) is 160 cm³/mol. The van der Waals surface area contributed by atoms with Crippen LogP contribution >= 0.6 is 11.3 Å². The van der Waals surface area contributed by atoms with Crippen LogP contribution in [0.3, 0.4) is 0 Å². The highest BCUT2D eigenvalue weighted by molar-refractivity contribution is 7.07. The number of thiazole rings is 1. The second kappa shape index (κ2) is 12.3. The van der Waals surface area contributed by atoms with Crippen molar-refractivity contribution < 1.29 is 19.0 Å². The summed E-state index contributed by atoms with van der Waals surface area (Å²) in [7, 11) is 1.58. The molecular formula is C33H29N3O5S. The number of aromatic nitrogens is 1. The fraction of sp³-hybridized carbons (Fsp3) is 0.212. The molecule has 0 aliphatic carbocycles. The lowest BCUT2D eigenvalue weighted by molar-refractivity contribution is -0.143. The number of carbonyl (C=O) groups excluding carboxylic acids is 1. The molecule has 0 spiro atoms. The number of rotatable bonds is 8. The van der Waals surface area contributed by atoms with Gasteiger partial charge in [-0.2, -0.15) is 5.26 Å². The zero-order chi connectivity index (χ0) is 29.8. The Hall–Kier alpha value is -4.94. The molecule has 42 heavy (non-hydrogen) atoms. The van der Waals surface area contributed by atoms with Gasteiger partial charge in [0.1, 0.15) is 18.1 Å². The average Bonchev–Trinajstić information content (AvgIpc) is 3.29. The second-order valence-electron chi connectivity index (χ2n) is 9.94. The molecule has 1 aliphatic rings. The first-order valence-corrected chi connectivity index (χ1v) is 14.2. The van der Waals surface area contributed by atoms with Crippen LogP contribution in [0, 0.1) is 11.3 Å². The van der Waals surface area contributed by atoms with E-state index >= 15 is 0 Å². The Morgan fingerprint density at radius 3 is 2.43 bits per heavy atom. The molecule has 0 fully saturated rings. The van der Waals surface area contributed by atoms with Gasteiger partial charge >= 0.3 is 5.97 Å². The van der Waals surface area contributed by atoms with Gasteiger partial charge in [-0.3, -0.25) is 9.36 Å². The van der Waals surface area contributed by atoms with Gasteiger partial charge in [0.25, 0.3) is 5.56 Å². The maximum Gasteiger partial charge on any atom is 0.338 e. The number of carbonyl (C=O) groups is 1. The summed E-state index contributed by atoms with van der Waals surface area (Å²) in [4.78, 5) is 32.2.